The number of hydrogen-bond acceptors (Lipinski definition) is 4. The van der Waals surface area contributed by atoms with E-state index >= 15 is 0 Å². The Morgan fingerprint density at radius 3 is 2.53 bits per heavy atom. The van der Waals surface area contributed by atoms with Crippen molar-refractivity contribution in [2.75, 3.05) is 0 Å². The lowest BCUT2D eigenvalue weighted by Gasteiger charge is -2.11. The molecule has 0 saturated heterocycles. The van der Waals surface area contributed by atoms with Crippen LogP contribution in [0.3, 0.4) is 0 Å². The molecule has 90 valence electrons. The van der Waals surface area contributed by atoms with E-state index in [2.05, 4.69) is 40.9 Å². The first-order valence-corrected chi connectivity index (χ1v) is 6.49. The van der Waals surface area contributed by atoms with Gasteiger partial charge in [0.05, 0.1) is 0 Å². The van der Waals surface area contributed by atoms with Gasteiger partial charge in [0.15, 0.2) is 11.0 Å². The third kappa shape index (κ3) is 3.30. The Labute approximate surface area is 105 Å². The SMILES string of the molecule is CC(C)(C)c1n[nH]c(SCc2ccncc2)n1. The fourth-order valence-corrected chi connectivity index (χ4v) is 2.03. The van der Waals surface area contributed by atoms with Gasteiger partial charge in [-0.15, -0.1) is 0 Å². The van der Waals surface area contributed by atoms with E-state index in [1.165, 1.54) is 5.56 Å². The van der Waals surface area contributed by atoms with E-state index in [1.54, 1.807) is 24.2 Å². The van der Waals surface area contributed by atoms with Gasteiger partial charge in [0.25, 0.3) is 0 Å². The van der Waals surface area contributed by atoms with Crippen LogP contribution >= 0.6 is 11.8 Å². The molecule has 0 atom stereocenters. The number of aromatic nitrogens is 4. The van der Waals surface area contributed by atoms with Gasteiger partial charge in [-0.1, -0.05) is 32.5 Å². The minimum absolute atomic E-state index is 0.00796. The van der Waals surface area contributed by atoms with E-state index in [1.807, 2.05) is 12.1 Å². The Balaban J connectivity index is 1.99. The van der Waals surface area contributed by atoms with E-state index in [-0.39, 0.29) is 5.41 Å². The Kier molecular flexibility index (Phi) is 3.47. The van der Waals surface area contributed by atoms with Gasteiger partial charge in [-0.3, -0.25) is 10.1 Å². The highest BCUT2D eigenvalue weighted by molar-refractivity contribution is 7.98. The fraction of sp³-hybridized carbons (Fsp3) is 0.417. The summed E-state index contributed by atoms with van der Waals surface area (Å²) in [5, 5.41) is 8.07. The van der Waals surface area contributed by atoms with Crippen molar-refractivity contribution in [2.24, 2.45) is 0 Å². The molecule has 0 aliphatic carbocycles. The minimum atomic E-state index is -0.00796. The molecule has 0 aliphatic rings. The van der Waals surface area contributed by atoms with Crippen molar-refractivity contribution in [1.29, 1.82) is 0 Å². The number of nitrogens with zero attached hydrogens (tertiary/aromatic N) is 3. The second kappa shape index (κ2) is 4.87. The molecule has 2 heterocycles. The third-order valence-corrected chi connectivity index (χ3v) is 3.19. The van der Waals surface area contributed by atoms with Crippen LogP contribution in [0.2, 0.25) is 0 Å². The molecule has 17 heavy (non-hydrogen) atoms. The highest BCUT2D eigenvalue weighted by Gasteiger charge is 2.19. The summed E-state index contributed by atoms with van der Waals surface area (Å²) in [7, 11) is 0. The van der Waals surface area contributed by atoms with Crippen LogP contribution in [0.15, 0.2) is 29.7 Å². The molecule has 5 heteroatoms. The van der Waals surface area contributed by atoms with Crippen molar-refractivity contribution in [2.45, 2.75) is 37.1 Å². The standard InChI is InChI=1S/C12H16N4S/c1-12(2,3)10-14-11(16-15-10)17-8-9-4-6-13-7-5-9/h4-7H,8H2,1-3H3,(H,14,15,16). The largest absolute Gasteiger partial charge is 0.265 e. The van der Waals surface area contributed by atoms with Crippen LogP contribution in [0.4, 0.5) is 0 Å². The summed E-state index contributed by atoms with van der Waals surface area (Å²) in [6.07, 6.45) is 3.60. The van der Waals surface area contributed by atoms with Gasteiger partial charge in [-0.25, -0.2) is 4.98 Å². The lowest BCUT2D eigenvalue weighted by molar-refractivity contribution is 0.547. The Morgan fingerprint density at radius 2 is 1.94 bits per heavy atom. The van der Waals surface area contributed by atoms with E-state index in [9.17, 15) is 0 Å². The van der Waals surface area contributed by atoms with E-state index in [0.29, 0.717) is 0 Å². The van der Waals surface area contributed by atoms with E-state index < -0.39 is 0 Å². The number of nitrogens with one attached hydrogen (secondary N) is 1. The lowest BCUT2D eigenvalue weighted by atomic mass is 9.96. The van der Waals surface area contributed by atoms with Crippen molar-refractivity contribution in [3.63, 3.8) is 0 Å². The topological polar surface area (TPSA) is 54.5 Å². The molecule has 0 amide bonds. The normalized spacial score (nSPS) is 11.7. The first kappa shape index (κ1) is 12.1. The maximum atomic E-state index is 4.48. The van der Waals surface area contributed by atoms with E-state index in [4.69, 9.17) is 0 Å². The Hall–Kier alpha value is -1.36. The van der Waals surface area contributed by atoms with Gasteiger partial charge >= 0.3 is 0 Å². The second-order valence-electron chi connectivity index (χ2n) is 4.86. The molecule has 2 aromatic heterocycles. The van der Waals surface area contributed by atoms with Crippen molar-refractivity contribution < 1.29 is 0 Å². The molecule has 0 unspecified atom stereocenters. The second-order valence-corrected chi connectivity index (χ2v) is 5.82. The molecule has 0 saturated carbocycles. The van der Waals surface area contributed by atoms with Crippen molar-refractivity contribution >= 4 is 11.8 Å². The quantitative estimate of drug-likeness (QED) is 0.849. The summed E-state index contributed by atoms with van der Waals surface area (Å²) in [4.78, 5) is 8.47. The summed E-state index contributed by atoms with van der Waals surface area (Å²) < 4.78 is 0. The van der Waals surface area contributed by atoms with Crippen LogP contribution in [0, 0.1) is 0 Å². The van der Waals surface area contributed by atoms with Crippen molar-refractivity contribution in [1.82, 2.24) is 20.2 Å². The van der Waals surface area contributed by atoms with Gasteiger partial charge < -0.3 is 0 Å². The van der Waals surface area contributed by atoms with Gasteiger partial charge in [0.2, 0.25) is 0 Å². The molecule has 0 aromatic carbocycles. The molecular weight excluding hydrogens is 232 g/mol. The van der Waals surface area contributed by atoms with Crippen LogP contribution in [0.1, 0.15) is 32.2 Å². The van der Waals surface area contributed by atoms with Crippen LogP contribution in [-0.2, 0) is 11.2 Å². The van der Waals surface area contributed by atoms with Crippen LogP contribution in [0.25, 0.3) is 0 Å². The van der Waals surface area contributed by atoms with Gasteiger partial charge in [-0.05, 0) is 17.7 Å². The summed E-state index contributed by atoms with van der Waals surface area (Å²) in [6, 6.07) is 4.02. The number of pyridine rings is 1. The third-order valence-electron chi connectivity index (χ3n) is 2.26. The summed E-state index contributed by atoms with van der Waals surface area (Å²) in [5.41, 5.74) is 1.23. The zero-order chi connectivity index (χ0) is 12.3. The smallest absolute Gasteiger partial charge is 0.184 e. The van der Waals surface area contributed by atoms with E-state index in [0.717, 1.165) is 16.7 Å². The van der Waals surface area contributed by atoms with Crippen LogP contribution in [0.5, 0.6) is 0 Å². The van der Waals surface area contributed by atoms with Crippen LogP contribution < -0.4 is 0 Å². The number of H-pyrrole nitrogens is 1. The Bertz CT molecular complexity index is 473. The van der Waals surface area contributed by atoms with Crippen molar-refractivity contribution in [3.05, 3.63) is 35.9 Å². The summed E-state index contributed by atoms with van der Waals surface area (Å²) in [5.74, 6) is 1.73. The first-order chi connectivity index (χ1) is 8.05. The number of thioether (sulfide) groups is 1. The molecule has 0 radical (unpaired) electrons. The lowest BCUT2D eigenvalue weighted by Crippen LogP contribution is -2.13. The highest BCUT2D eigenvalue weighted by Crippen LogP contribution is 2.23. The van der Waals surface area contributed by atoms with Crippen LogP contribution in [-0.4, -0.2) is 20.2 Å². The minimum Gasteiger partial charge on any atom is -0.265 e. The molecule has 4 nitrogen and oxygen atoms in total. The molecule has 0 fully saturated rings. The monoisotopic (exact) mass is 248 g/mol. The molecule has 1 N–H and O–H groups in total. The number of rotatable bonds is 3. The van der Waals surface area contributed by atoms with Gasteiger partial charge in [0, 0.05) is 23.6 Å². The predicted molar refractivity (Wildman–Crippen MR) is 68.9 cm³/mol. The Morgan fingerprint density at radius 1 is 1.24 bits per heavy atom. The molecule has 0 aliphatic heterocycles. The van der Waals surface area contributed by atoms with Crippen molar-refractivity contribution in [3.8, 4) is 0 Å². The summed E-state index contributed by atoms with van der Waals surface area (Å²) >= 11 is 1.65. The molecule has 2 rings (SSSR count). The zero-order valence-corrected chi connectivity index (χ0v) is 11.1. The average Bonchev–Trinajstić information content (AvgIpc) is 2.76. The molecular formula is C12H16N4S. The molecule has 0 bridgehead atoms. The fourth-order valence-electron chi connectivity index (χ4n) is 1.28. The zero-order valence-electron chi connectivity index (χ0n) is 10.3. The molecule has 0 spiro atoms. The summed E-state index contributed by atoms with van der Waals surface area (Å²) in [6.45, 7) is 6.31. The van der Waals surface area contributed by atoms with Gasteiger partial charge in [0.1, 0.15) is 0 Å². The molecule has 2 aromatic rings. The van der Waals surface area contributed by atoms with Gasteiger partial charge in [-0.2, -0.15) is 5.10 Å². The highest BCUT2D eigenvalue weighted by atomic mass is 32.2. The predicted octanol–water partition coefficient (Wildman–Crippen LogP) is 2.79. The number of hydrogen-bond donors (Lipinski definition) is 1. The maximum absolute atomic E-state index is 4.48. The average molecular weight is 248 g/mol. The maximum Gasteiger partial charge on any atom is 0.184 e. The first-order valence-electron chi connectivity index (χ1n) is 5.50. The number of aromatic amines is 1.